The van der Waals surface area contributed by atoms with E-state index in [4.69, 9.17) is 14.8 Å². The summed E-state index contributed by atoms with van der Waals surface area (Å²) >= 11 is 0. The van der Waals surface area contributed by atoms with Crippen LogP contribution in [0.4, 0.5) is 17.6 Å². The second-order valence-corrected chi connectivity index (χ2v) is 6.81. The number of nitrogens with one attached hydrogen (secondary N) is 2. The number of pyridine rings is 1. The van der Waals surface area contributed by atoms with Crippen molar-refractivity contribution in [2.45, 2.75) is 26.9 Å². The number of hydrogen-bond acceptors (Lipinski definition) is 9. The third kappa shape index (κ3) is 3.97. The predicted molar refractivity (Wildman–Crippen MR) is 110 cm³/mol. The molecule has 10 nitrogen and oxygen atoms in total. The Balaban J connectivity index is 1.66. The molecule has 3 aromatic heterocycles. The molecule has 0 spiro atoms. The molecule has 29 heavy (non-hydrogen) atoms. The summed E-state index contributed by atoms with van der Waals surface area (Å²) in [6.07, 6.45) is 1.66. The molecule has 0 saturated carbocycles. The molecule has 0 aromatic carbocycles. The first-order valence-electron chi connectivity index (χ1n) is 9.60. The lowest BCUT2D eigenvalue weighted by atomic mass is 10.2. The van der Waals surface area contributed by atoms with E-state index < -0.39 is 0 Å². The van der Waals surface area contributed by atoms with Crippen molar-refractivity contribution in [3.63, 3.8) is 0 Å². The molecule has 0 bridgehead atoms. The third-order valence-corrected chi connectivity index (χ3v) is 4.87. The van der Waals surface area contributed by atoms with Gasteiger partial charge in [0.1, 0.15) is 23.2 Å². The van der Waals surface area contributed by atoms with E-state index in [9.17, 15) is 0 Å². The van der Waals surface area contributed by atoms with E-state index in [-0.39, 0.29) is 0 Å². The lowest BCUT2D eigenvalue weighted by Crippen LogP contribution is -2.33. The van der Waals surface area contributed by atoms with Gasteiger partial charge in [-0.1, -0.05) is 6.92 Å². The van der Waals surface area contributed by atoms with E-state index >= 15 is 0 Å². The SMILES string of the molecule is CCN1CCn2nc(-c3cc(Nc4nc(C)cc(NC)n4)ncc3OC)nc2C1. The molecule has 0 unspecified atom stereocenters. The highest BCUT2D eigenvalue weighted by Crippen LogP contribution is 2.30. The summed E-state index contributed by atoms with van der Waals surface area (Å²) in [4.78, 5) is 20.3. The predicted octanol–water partition coefficient (Wildman–Crippen LogP) is 2.07. The molecule has 1 aliphatic heterocycles. The zero-order chi connectivity index (χ0) is 20.4. The second-order valence-electron chi connectivity index (χ2n) is 6.81. The van der Waals surface area contributed by atoms with Gasteiger partial charge in [-0.15, -0.1) is 0 Å². The molecule has 3 aromatic rings. The first kappa shape index (κ1) is 19.1. The molecule has 0 aliphatic carbocycles. The zero-order valence-electron chi connectivity index (χ0n) is 17.1. The van der Waals surface area contributed by atoms with Crippen molar-refractivity contribution in [2.75, 3.05) is 37.9 Å². The highest BCUT2D eigenvalue weighted by Gasteiger charge is 2.21. The summed E-state index contributed by atoms with van der Waals surface area (Å²) in [5.74, 6) is 4.00. The van der Waals surface area contributed by atoms with Gasteiger partial charge in [0.05, 0.1) is 32.0 Å². The minimum atomic E-state index is 0.466. The topological polar surface area (TPSA) is 106 Å². The van der Waals surface area contributed by atoms with Gasteiger partial charge < -0.3 is 15.4 Å². The van der Waals surface area contributed by atoms with Crippen LogP contribution in [-0.4, -0.2) is 61.9 Å². The fourth-order valence-electron chi connectivity index (χ4n) is 3.29. The Morgan fingerprint density at radius 3 is 2.76 bits per heavy atom. The summed E-state index contributed by atoms with van der Waals surface area (Å²) in [6, 6.07) is 3.74. The lowest BCUT2D eigenvalue weighted by molar-refractivity contribution is 0.220. The number of fused-ring (bicyclic) bond motifs is 1. The Morgan fingerprint density at radius 1 is 1.14 bits per heavy atom. The molecule has 0 radical (unpaired) electrons. The van der Waals surface area contributed by atoms with E-state index in [1.54, 1.807) is 13.3 Å². The lowest BCUT2D eigenvalue weighted by Gasteiger charge is -2.24. The van der Waals surface area contributed by atoms with Gasteiger partial charge in [-0.05, 0) is 19.5 Å². The highest BCUT2D eigenvalue weighted by atomic mass is 16.5. The fraction of sp³-hybridized carbons (Fsp3) is 0.421. The standard InChI is InChI=1S/C19H25N9O/c1-5-27-6-7-28-17(11-27)25-18(26-28)13-9-16(21-10-14(13)29-4)24-19-22-12(2)8-15(20-3)23-19/h8-10H,5-7,11H2,1-4H3,(H2,20,21,22,23,24). The van der Waals surface area contributed by atoms with Crippen LogP contribution in [-0.2, 0) is 13.1 Å². The number of methoxy groups -OCH3 is 1. The van der Waals surface area contributed by atoms with Crippen molar-refractivity contribution in [2.24, 2.45) is 0 Å². The van der Waals surface area contributed by atoms with Crippen LogP contribution in [0, 0.1) is 6.92 Å². The second kappa shape index (κ2) is 8.00. The van der Waals surface area contributed by atoms with E-state index in [2.05, 4.69) is 37.4 Å². The molecule has 4 heterocycles. The van der Waals surface area contributed by atoms with Crippen molar-refractivity contribution in [3.05, 3.63) is 29.8 Å². The van der Waals surface area contributed by atoms with Crippen LogP contribution >= 0.6 is 0 Å². The number of aryl methyl sites for hydroxylation is 1. The number of anilines is 3. The maximum absolute atomic E-state index is 5.50. The number of nitrogens with zero attached hydrogens (tertiary/aromatic N) is 7. The van der Waals surface area contributed by atoms with Crippen molar-refractivity contribution < 1.29 is 4.74 Å². The Kier molecular flexibility index (Phi) is 5.26. The van der Waals surface area contributed by atoms with Crippen LogP contribution in [0.15, 0.2) is 18.3 Å². The normalized spacial score (nSPS) is 13.8. The molecule has 1 aliphatic rings. The van der Waals surface area contributed by atoms with Crippen molar-refractivity contribution >= 4 is 17.6 Å². The summed E-state index contributed by atoms with van der Waals surface area (Å²) in [6.45, 7) is 7.68. The molecule has 0 saturated heterocycles. The minimum Gasteiger partial charge on any atom is -0.494 e. The fourth-order valence-corrected chi connectivity index (χ4v) is 3.29. The third-order valence-electron chi connectivity index (χ3n) is 4.87. The average molecular weight is 395 g/mol. The highest BCUT2D eigenvalue weighted by molar-refractivity contribution is 5.68. The molecule has 0 amide bonds. The Labute approximate surface area is 169 Å². The first-order valence-corrected chi connectivity index (χ1v) is 9.60. The Bertz CT molecular complexity index is 1020. The Hall–Kier alpha value is -3.27. The summed E-state index contributed by atoms with van der Waals surface area (Å²) in [5, 5.41) is 10.9. The van der Waals surface area contributed by atoms with Crippen molar-refractivity contribution in [1.29, 1.82) is 0 Å². The number of likely N-dealkylation sites (N-methyl/N-ethyl adjacent to an activating group) is 1. The Morgan fingerprint density at radius 2 is 2.00 bits per heavy atom. The van der Waals surface area contributed by atoms with Crippen LogP contribution in [0.1, 0.15) is 18.4 Å². The van der Waals surface area contributed by atoms with Gasteiger partial charge in [0.15, 0.2) is 5.82 Å². The molecule has 0 fully saturated rings. The molecule has 2 N–H and O–H groups in total. The van der Waals surface area contributed by atoms with Crippen LogP contribution in [0.25, 0.3) is 11.4 Å². The molecule has 10 heteroatoms. The molecule has 4 rings (SSSR count). The van der Waals surface area contributed by atoms with Gasteiger partial charge >= 0.3 is 0 Å². The van der Waals surface area contributed by atoms with E-state index in [1.807, 2.05) is 30.8 Å². The summed E-state index contributed by atoms with van der Waals surface area (Å²) in [7, 11) is 3.44. The monoisotopic (exact) mass is 395 g/mol. The van der Waals surface area contributed by atoms with E-state index in [0.29, 0.717) is 23.3 Å². The molecular weight excluding hydrogens is 370 g/mol. The summed E-state index contributed by atoms with van der Waals surface area (Å²) in [5.41, 5.74) is 1.63. The van der Waals surface area contributed by atoms with E-state index in [0.717, 1.165) is 49.1 Å². The number of rotatable bonds is 6. The summed E-state index contributed by atoms with van der Waals surface area (Å²) < 4.78 is 7.47. The van der Waals surface area contributed by atoms with Gasteiger partial charge in [0.25, 0.3) is 0 Å². The maximum atomic E-state index is 5.50. The first-order chi connectivity index (χ1) is 14.1. The molecule has 0 atom stereocenters. The number of ether oxygens (including phenoxy) is 1. The van der Waals surface area contributed by atoms with Gasteiger partial charge in [-0.2, -0.15) is 10.1 Å². The van der Waals surface area contributed by atoms with Crippen LogP contribution in [0.3, 0.4) is 0 Å². The smallest absolute Gasteiger partial charge is 0.230 e. The van der Waals surface area contributed by atoms with Crippen LogP contribution in [0.2, 0.25) is 0 Å². The van der Waals surface area contributed by atoms with Crippen molar-refractivity contribution in [1.82, 2.24) is 34.6 Å². The molecule has 152 valence electrons. The van der Waals surface area contributed by atoms with Gasteiger partial charge in [0.2, 0.25) is 5.95 Å². The van der Waals surface area contributed by atoms with Crippen LogP contribution < -0.4 is 15.4 Å². The average Bonchev–Trinajstić information content (AvgIpc) is 3.16. The number of aromatic nitrogens is 6. The zero-order valence-corrected chi connectivity index (χ0v) is 17.1. The molecular formula is C19H25N9O. The largest absolute Gasteiger partial charge is 0.494 e. The number of hydrogen-bond donors (Lipinski definition) is 2. The van der Waals surface area contributed by atoms with Gasteiger partial charge in [0, 0.05) is 25.4 Å². The van der Waals surface area contributed by atoms with Gasteiger partial charge in [-0.25, -0.2) is 19.6 Å². The van der Waals surface area contributed by atoms with Gasteiger partial charge in [-0.3, -0.25) is 4.90 Å². The maximum Gasteiger partial charge on any atom is 0.230 e. The van der Waals surface area contributed by atoms with E-state index in [1.165, 1.54) is 0 Å². The quantitative estimate of drug-likeness (QED) is 0.649. The minimum absolute atomic E-state index is 0.466. The van der Waals surface area contributed by atoms with Crippen LogP contribution in [0.5, 0.6) is 5.75 Å². The van der Waals surface area contributed by atoms with Crippen molar-refractivity contribution in [3.8, 4) is 17.1 Å².